The van der Waals surface area contributed by atoms with Gasteiger partial charge in [-0.3, -0.25) is 4.79 Å². The molecule has 2 atom stereocenters. The van der Waals surface area contributed by atoms with E-state index in [1.165, 1.54) is 13.3 Å². The van der Waals surface area contributed by atoms with E-state index in [4.69, 9.17) is 4.74 Å². The van der Waals surface area contributed by atoms with Crippen molar-refractivity contribution >= 4 is 5.97 Å². The SMILES string of the molecule is CCOc1ccc(C(O)C(O)CC(=O)OC)cn1. The lowest BCUT2D eigenvalue weighted by Crippen LogP contribution is -2.22. The average Bonchev–Trinajstić information content (AvgIpc) is 2.39. The summed E-state index contributed by atoms with van der Waals surface area (Å²) in [6.45, 7) is 2.34. The number of nitrogens with zero attached hydrogens (tertiary/aromatic N) is 1. The van der Waals surface area contributed by atoms with Crippen LogP contribution in [0, 0.1) is 0 Å². The lowest BCUT2D eigenvalue weighted by molar-refractivity contribution is -0.144. The number of aliphatic hydroxyl groups excluding tert-OH is 2. The van der Waals surface area contributed by atoms with Crippen LogP contribution >= 0.6 is 0 Å². The van der Waals surface area contributed by atoms with Crippen LogP contribution < -0.4 is 4.74 Å². The van der Waals surface area contributed by atoms with Crippen molar-refractivity contribution < 1.29 is 24.5 Å². The van der Waals surface area contributed by atoms with Crippen LogP contribution in [0.25, 0.3) is 0 Å². The van der Waals surface area contributed by atoms with Crippen molar-refractivity contribution in [3.63, 3.8) is 0 Å². The summed E-state index contributed by atoms with van der Waals surface area (Å²) in [6, 6.07) is 3.18. The molecule has 1 rings (SSSR count). The highest BCUT2D eigenvalue weighted by molar-refractivity contribution is 5.69. The Kier molecular flexibility index (Phi) is 5.54. The molecule has 0 amide bonds. The van der Waals surface area contributed by atoms with Gasteiger partial charge in [0.25, 0.3) is 0 Å². The molecule has 0 aromatic carbocycles. The lowest BCUT2D eigenvalue weighted by Gasteiger charge is -2.16. The molecule has 0 spiro atoms. The first-order chi connectivity index (χ1) is 8.58. The molecule has 0 aliphatic heterocycles. The summed E-state index contributed by atoms with van der Waals surface area (Å²) in [5, 5.41) is 19.5. The van der Waals surface area contributed by atoms with E-state index in [9.17, 15) is 15.0 Å². The standard InChI is InChI=1S/C12H17NO5/c1-3-18-10-5-4-8(7-13-10)12(16)9(14)6-11(15)17-2/h4-5,7,9,12,14,16H,3,6H2,1-2H3. The minimum Gasteiger partial charge on any atom is -0.478 e. The van der Waals surface area contributed by atoms with Gasteiger partial charge in [0.2, 0.25) is 5.88 Å². The Bertz CT molecular complexity index is 379. The van der Waals surface area contributed by atoms with Gasteiger partial charge in [0, 0.05) is 17.8 Å². The van der Waals surface area contributed by atoms with Crippen LogP contribution in [0.15, 0.2) is 18.3 Å². The highest BCUT2D eigenvalue weighted by Gasteiger charge is 2.22. The second-order valence-electron chi connectivity index (χ2n) is 3.66. The van der Waals surface area contributed by atoms with Crippen LogP contribution in [0.5, 0.6) is 5.88 Å². The number of hydrogen-bond donors (Lipinski definition) is 2. The molecule has 0 radical (unpaired) electrons. The van der Waals surface area contributed by atoms with E-state index < -0.39 is 18.2 Å². The molecule has 0 fully saturated rings. The number of methoxy groups -OCH3 is 1. The predicted molar refractivity (Wildman–Crippen MR) is 63.0 cm³/mol. The molecule has 2 unspecified atom stereocenters. The third kappa shape index (κ3) is 3.97. The number of carbonyl (C=O) groups is 1. The van der Waals surface area contributed by atoms with E-state index in [0.29, 0.717) is 18.1 Å². The maximum Gasteiger partial charge on any atom is 0.308 e. The Labute approximate surface area is 105 Å². The molecule has 6 nitrogen and oxygen atoms in total. The Morgan fingerprint density at radius 3 is 2.67 bits per heavy atom. The maximum atomic E-state index is 11.0. The van der Waals surface area contributed by atoms with Crippen LogP contribution in [0.2, 0.25) is 0 Å². The van der Waals surface area contributed by atoms with Gasteiger partial charge in [0.05, 0.1) is 26.2 Å². The molecule has 1 heterocycles. The van der Waals surface area contributed by atoms with E-state index >= 15 is 0 Å². The zero-order chi connectivity index (χ0) is 13.5. The van der Waals surface area contributed by atoms with Crippen molar-refractivity contribution in [3.05, 3.63) is 23.9 Å². The van der Waals surface area contributed by atoms with E-state index in [1.807, 2.05) is 6.92 Å². The second-order valence-corrected chi connectivity index (χ2v) is 3.66. The van der Waals surface area contributed by atoms with Gasteiger partial charge in [-0.1, -0.05) is 0 Å². The van der Waals surface area contributed by atoms with Crippen LogP contribution in [-0.4, -0.2) is 41.0 Å². The third-order valence-corrected chi connectivity index (χ3v) is 2.36. The number of carbonyl (C=O) groups excluding carboxylic acids is 1. The number of rotatable bonds is 6. The highest BCUT2D eigenvalue weighted by Crippen LogP contribution is 2.20. The minimum atomic E-state index is -1.22. The number of pyridine rings is 1. The van der Waals surface area contributed by atoms with Crippen molar-refractivity contribution in [1.82, 2.24) is 4.98 Å². The van der Waals surface area contributed by atoms with E-state index in [2.05, 4.69) is 9.72 Å². The van der Waals surface area contributed by atoms with Crippen LogP contribution in [0.4, 0.5) is 0 Å². The zero-order valence-corrected chi connectivity index (χ0v) is 10.4. The number of aromatic nitrogens is 1. The molecule has 1 aromatic rings. The molecular formula is C12H17NO5. The first-order valence-corrected chi connectivity index (χ1v) is 5.60. The van der Waals surface area contributed by atoms with Crippen LogP contribution in [-0.2, 0) is 9.53 Å². The molecule has 2 N–H and O–H groups in total. The first kappa shape index (κ1) is 14.4. The molecule has 6 heteroatoms. The van der Waals surface area contributed by atoms with Crippen molar-refractivity contribution in [2.24, 2.45) is 0 Å². The van der Waals surface area contributed by atoms with Gasteiger partial charge in [-0.15, -0.1) is 0 Å². The molecule has 0 aliphatic carbocycles. The van der Waals surface area contributed by atoms with Crippen molar-refractivity contribution in [3.8, 4) is 5.88 Å². The maximum absolute atomic E-state index is 11.0. The molecule has 1 aromatic heterocycles. The quantitative estimate of drug-likeness (QED) is 0.717. The smallest absolute Gasteiger partial charge is 0.308 e. The monoisotopic (exact) mass is 255 g/mol. The van der Waals surface area contributed by atoms with Gasteiger partial charge in [-0.25, -0.2) is 4.98 Å². The van der Waals surface area contributed by atoms with Gasteiger partial charge < -0.3 is 19.7 Å². The Morgan fingerprint density at radius 2 is 2.17 bits per heavy atom. The number of aliphatic hydroxyl groups is 2. The summed E-state index contributed by atoms with van der Waals surface area (Å²) < 4.78 is 9.57. The predicted octanol–water partition coefficient (Wildman–Crippen LogP) is 0.438. The van der Waals surface area contributed by atoms with Crippen molar-refractivity contribution in [1.29, 1.82) is 0 Å². The molecule has 18 heavy (non-hydrogen) atoms. The lowest BCUT2D eigenvalue weighted by atomic mass is 10.0. The Balaban J connectivity index is 2.65. The minimum absolute atomic E-state index is 0.273. The van der Waals surface area contributed by atoms with Gasteiger partial charge in [-0.2, -0.15) is 0 Å². The molecule has 0 bridgehead atoms. The van der Waals surface area contributed by atoms with E-state index in [1.54, 1.807) is 12.1 Å². The summed E-state index contributed by atoms with van der Waals surface area (Å²) in [4.78, 5) is 14.9. The third-order valence-electron chi connectivity index (χ3n) is 2.36. The van der Waals surface area contributed by atoms with Crippen LogP contribution in [0.3, 0.4) is 0 Å². The number of ether oxygens (including phenoxy) is 2. The fraction of sp³-hybridized carbons (Fsp3) is 0.500. The van der Waals surface area contributed by atoms with Crippen molar-refractivity contribution in [2.75, 3.05) is 13.7 Å². The average molecular weight is 255 g/mol. The normalized spacial score (nSPS) is 13.8. The summed E-state index contributed by atoms with van der Waals surface area (Å²) in [6.07, 6.45) is -1.29. The van der Waals surface area contributed by atoms with Gasteiger partial charge in [-0.05, 0) is 13.0 Å². The molecule has 0 saturated carbocycles. The number of hydrogen-bond acceptors (Lipinski definition) is 6. The molecule has 0 saturated heterocycles. The fourth-order valence-electron chi connectivity index (χ4n) is 1.39. The summed E-state index contributed by atoms with van der Waals surface area (Å²) in [7, 11) is 1.22. The van der Waals surface area contributed by atoms with Gasteiger partial charge in [0.1, 0.15) is 6.10 Å². The first-order valence-electron chi connectivity index (χ1n) is 5.60. The van der Waals surface area contributed by atoms with E-state index in [-0.39, 0.29) is 6.42 Å². The molecular weight excluding hydrogens is 238 g/mol. The van der Waals surface area contributed by atoms with Gasteiger partial charge in [0.15, 0.2) is 0 Å². The summed E-state index contributed by atoms with van der Waals surface area (Å²) in [5.41, 5.74) is 0.412. The summed E-state index contributed by atoms with van der Waals surface area (Å²) in [5.74, 6) is -0.142. The van der Waals surface area contributed by atoms with Gasteiger partial charge >= 0.3 is 5.97 Å². The number of esters is 1. The van der Waals surface area contributed by atoms with Crippen LogP contribution in [0.1, 0.15) is 25.0 Å². The Morgan fingerprint density at radius 1 is 1.44 bits per heavy atom. The van der Waals surface area contributed by atoms with Crippen molar-refractivity contribution in [2.45, 2.75) is 25.6 Å². The second kappa shape index (κ2) is 6.93. The largest absolute Gasteiger partial charge is 0.478 e. The zero-order valence-electron chi connectivity index (χ0n) is 10.4. The topological polar surface area (TPSA) is 88.9 Å². The van der Waals surface area contributed by atoms with E-state index in [0.717, 1.165) is 0 Å². The fourth-order valence-corrected chi connectivity index (χ4v) is 1.39. The molecule has 0 aliphatic rings. The molecule has 100 valence electrons. The Hall–Kier alpha value is -1.66. The summed E-state index contributed by atoms with van der Waals surface area (Å²) >= 11 is 0. The highest BCUT2D eigenvalue weighted by atomic mass is 16.5.